The number of nitrogens with zero attached hydrogens (tertiary/aromatic N) is 6. The standard InChI is InChI=1S/C19H17N.C14H14O3S.C12H11N3O2.C11H11N3O2.C11H11N3S2.CO2/c1-14-3-4-15(2)19(13-14)18-7-5-16(6-8-18)17-9-11-20-12-10-17;1-10-3-4-11(2)14(9-10)12-5-7-13(8-6-12)18(15,16)17;1-7-3-4-8(2)9(5-7)10-13-6-14-11(15-10)12(16)17;2*1-6-3-4-7(2)8(5-6)9-12-10(15)14-11(16)13-9;2-1-3/h3-13H,1-2H3;3-9H,1-2H3,(H,15,16,17);3-6H,1-2H3,(H,16,17);2*3-5H,1-2H3,(H2,12,13,14,15,16);. The Morgan fingerprint density at radius 1 is 0.467 bits per heavy atom. The van der Waals surface area contributed by atoms with E-state index >= 15 is 0 Å². The fourth-order valence-corrected chi connectivity index (χ4v) is 9.75. The fourth-order valence-electron chi connectivity index (χ4n) is 8.82. The van der Waals surface area contributed by atoms with Crippen LogP contribution in [0.2, 0.25) is 0 Å². The molecule has 0 amide bonds. The van der Waals surface area contributed by atoms with Crippen LogP contribution >= 0.6 is 24.4 Å². The molecule has 0 saturated carbocycles. The molecule has 4 heterocycles. The SMILES string of the molecule is Cc1ccc(C)c(-c2ccc(-c3ccncc3)cc2)c1.Cc1ccc(C)c(-c2ccc(S(=O)(=O)O)cc2)c1.Cc1ccc(C)c(-c2nc(=O)[nH]c(=O)[nH]2)c1.Cc1ccc(C)c(-c2nc(=S)[nH]c(=S)[nH]2)c1.Cc1ccc(C)c(-c2ncnc(C(=O)O)n2)c1.O=C=O. The summed E-state index contributed by atoms with van der Waals surface area (Å²) in [5, 5.41) is 8.83. The van der Waals surface area contributed by atoms with E-state index in [4.69, 9.17) is 43.7 Å². The molecule has 22 heteroatoms. The zero-order valence-electron chi connectivity index (χ0n) is 50.8. The molecule has 90 heavy (non-hydrogen) atoms. The van der Waals surface area contributed by atoms with Gasteiger partial charge in [0.1, 0.15) is 18.0 Å². The highest BCUT2D eigenvalue weighted by molar-refractivity contribution is 7.85. The highest BCUT2D eigenvalue weighted by Gasteiger charge is 2.13. The van der Waals surface area contributed by atoms with Gasteiger partial charge in [-0.2, -0.15) is 23.0 Å². The molecule has 0 saturated heterocycles. The Kier molecular flexibility index (Phi) is 24.4. The van der Waals surface area contributed by atoms with Crippen LogP contribution in [0.25, 0.3) is 67.5 Å². The van der Waals surface area contributed by atoms with Gasteiger partial charge in [-0.1, -0.05) is 137 Å². The number of carbonyl (C=O) groups excluding carboxylic acids is 2. The minimum Gasteiger partial charge on any atom is -0.475 e. The molecule has 0 radical (unpaired) electrons. The normalized spacial score (nSPS) is 10.3. The van der Waals surface area contributed by atoms with E-state index < -0.39 is 27.5 Å². The summed E-state index contributed by atoms with van der Waals surface area (Å²) >= 11 is 10.1. The Hall–Kier alpha value is -10.5. The molecule has 6 N–H and O–H groups in total. The number of benzene rings is 7. The highest BCUT2D eigenvalue weighted by Crippen LogP contribution is 2.29. The van der Waals surface area contributed by atoms with Crippen molar-refractivity contribution in [1.82, 2.24) is 49.8 Å². The third kappa shape index (κ3) is 20.0. The average molecular weight is 1260 g/mol. The molecule has 11 rings (SSSR count). The Morgan fingerprint density at radius 2 is 0.856 bits per heavy atom. The summed E-state index contributed by atoms with van der Waals surface area (Å²) in [6.07, 6.45) is 5.12. The molecule has 0 aliphatic carbocycles. The van der Waals surface area contributed by atoms with Crippen LogP contribution in [0.4, 0.5) is 0 Å². The molecule has 0 aliphatic rings. The van der Waals surface area contributed by atoms with Crippen LogP contribution < -0.4 is 11.4 Å². The minimum atomic E-state index is -4.12. The number of nitrogens with one attached hydrogen (secondary N) is 4. The lowest BCUT2D eigenvalue weighted by Gasteiger charge is -2.08. The van der Waals surface area contributed by atoms with Crippen molar-refractivity contribution in [1.29, 1.82) is 0 Å². The first-order valence-corrected chi connectivity index (χ1v) is 29.8. The second-order valence-corrected chi connectivity index (χ2v) is 22.8. The maximum absolute atomic E-state index is 11.1. The molecule has 0 atom stereocenters. The molecule has 7 aromatic carbocycles. The Balaban J connectivity index is 0.000000177. The number of aromatic carboxylic acids is 1. The lowest BCUT2D eigenvalue weighted by Crippen LogP contribution is -2.25. The average Bonchev–Trinajstić information content (AvgIpc) is 1.80. The number of hydrogen-bond donors (Lipinski definition) is 6. The molecule has 0 unspecified atom stereocenters. The zero-order chi connectivity index (χ0) is 65.8. The third-order valence-corrected chi connectivity index (χ3v) is 14.7. The molecule has 0 fully saturated rings. The van der Waals surface area contributed by atoms with E-state index in [1.165, 1.54) is 57.4 Å². The lowest BCUT2D eigenvalue weighted by atomic mass is 9.96. The van der Waals surface area contributed by atoms with Crippen LogP contribution in [0, 0.1) is 78.8 Å². The molecule has 4 aromatic heterocycles. The molecule has 0 aliphatic heterocycles. The first kappa shape index (κ1) is 68.6. The molecule has 0 spiro atoms. The van der Waals surface area contributed by atoms with Gasteiger partial charge in [-0.25, -0.2) is 34.3 Å². The van der Waals surface area contributed by atoms with Gasteiger partial charge in [0, 0.05) is 29.1 Å². The quantitative estimate of drug-likeness (QED) is 0.0608. The zero-order valence-corrected chi connectivity index (χ0v) is 53.3. The van der Waals surface area contributed by atoms with Crippen molar-refractivity contribution in [3.8, 4) is 67.5 Å². The van der Waals surface area contributed by atoms with Crippen LogP contribution in [-0.4, -0.2) is 80.0 Å². The van der Waals surface area contributed by atoms with E-state index in [-0.39, 0.29) is 16.9 Å². The van der Waals surface area contributed by atoms with Crippen LogP contribution in [0.1, 0.15) is 66.3 Å². The van der Waals surface area contributed by atoms with Crippen molar-refractivity contribution in [3.05, 3.63) is 262 Å². The number of aromatic amines is 4. The number of pyridine rings is 1. The van der Waals surface area contributed by atoms with Gasteiger partial charge in [-0.3, -0.25) is 19.5 Å². The van der Waals surface area contributed by atoms with Crippen LogP contribution in [0.5, 0.6) is 0 Å². The molecule has 458 valence electrons. The van der Waals surface area contributed by atoms with E-state index in [9.17, 15) is 22.8 Å². The predicted molar refractivity (Wildman–Crippen MR) is 352 cm³/mol. The topological polar surface area (TPSA) is 300 Å². The number of H-pyrrole nitrogens is 4. The summed E-state index contributed by atoms with van der Waals surface area (Å²) in [7, 11) is -4.12. The largest absolute Gasteiger partial charge is 0.475 e. The van der Waals surface area contributed by atoms with Crippen molar-refractivity contribution in [2.75, 3.05) is 0 Å². The summed E-state index contributed by atoms with van der Waals surface area (Å²) in [5.74, 6) is 0.0124. The molecule has 0 bridgehead atoms. The first-order chi connectivity index (χ1) is 42.7. The second-order valence-electron chi connectivity index (χ2n) is 20.6. The number of rotatable bonds is 8. The number of aryl methyl sites for hydroxylation is 10. The van der Waals surface area contributed by atoms with Crippen molar-refractivity contribution >= 4 is 46.7 Å². The number of carboxylic acids is 1. The predicted octanol–water partition coefficient (Wildman–Crippen LogP) is 13.7. The maximum atomic E-state index is 11.1. The van der Waals surface area contributed by atoms with Crippen LogP contribution in [0.3, 0.4) is 0 Å². The molecular formula is C68H64N10O9S3. The smallest absolute Gasteiger partial charge is 0.374 e. The van der Waals surface area contributed by atoms with E-state index in [1.54, 1.807) is 12.1 Å². The van der Waals surface area contributed by atoms with Gasteiger partial charge < -0.3 is 15.1 Å². The molecule has 11 aromatic rings. The van der Waals surface area contributed by atoms with Gasteiger partial charge in [-0.15, -0.1) is 0 Å². The number of carboxylic acid groups (broad SMARTS) is 1. The summed E-state index contributed by atoms with van der Waals surface area (Å²) in [6, 6.07) is 49.5. The molecular weight excluding hydrogens is 1200 g/mol. The van der Waals surface area contributed by atoms with E-state index in [0.29, 0.717) is 21.2 Å². The number of carbonyl (C=O) groups is 1. The van der Waals surface area contributed by atoms with Crippen LogP contribution in [0.15, 0.2) is 185 Å². The van der Waals surface area contributed by atoms with Gasteiger partial charge in [0.05, 0.1) is 4.90 Å². The van der Waals surface area contributed by atoms with Gasteiger partial charge in [0.25, 0.3) is 10.1 Å². The van der Waals surface area contributed by atoms with E-state index in [0.717, 1.165) is 72.6 Å². The highest BCUT2D eigenvalue weighted by atomic mass is 32.2. The summed E-state index contributed by atoms with van der Waals surface area (Å²) in [4.78, 5) is 83.1. The van der Waals surface area contributed by atoms with Gasteiger partial charge in [0.15, 0.2) is 10.6 Å². The lowest BCUT2D eigenvalue weighted by molar-refractivity contribution is -0.191. The van der Waals surface area contributed by atoms with Crippen molar-refractivity contribution in [2.24, 2.45) is 0 Å². The van der Waals surface area contributed by atoms with Crippen molar-refractivity contribution in [2.45, 2.75) is 74.1 Å². The maximum Gasteiger partial charge on any atom is 0.374 e. The second kappa shape index (κ2) is 32.0. The van der Waals surface area contributed by atoms with E-state index in [1.807, 2.05) is 133 Å². The van der Waals surface area contributed by atoms with Gasteiger partial charge >= 0.3 is 23.5 Å². The minimum absolute atomic E-state index is 0.0865. The third-order valence-electron chi connectivity index (χ3n) is 13.5. The first-order valence-electron chi connectivity index (χ1n) is 27.5. The van der Waals surface area contributed by atoms with Gasteiger partial charge in [-0.05, 0) is 197 Å². The number of aromatic nitrogens is 10. The van der Waals surface area contributed by atoms with Gasteiger partial charge in [0.2, 0.25) is 10.6 Å². The van der Waals surface area contributed by atoms with Crippen molar-refractivity contribution < 1.29 is 32.5 Å². The van der Waals surface area contributed by atoms with E-state index in [2.05, 4.69) is 125 Å². The Labute approximate surface area is 530 Å². The Morgan fingerprint density at radius 3 is 1.29 bits per heavy atom. The Bertz CT molecular complexity index is 4570. The van der Waals surface area contributed by atoms with Crippen molar-refractivity contribution in [3.63, 3.8) is 0 Å². The molecule has 19 nitrogen and oxygen atoms in total. The summed E-state index contributed by atoms with van der Waals surface area (Å²) in [6.45, 7) is 20.1. The van der Waals surface area contributed by atoms with Crippen LogP contribution in [-0.2, 0) is 19.7 Å². The summed E-state index contributed by atoms with van der Waals surface area (Å²) in [5.41, 5.74) is 19.7. The number of hydrogen-bond acceptors (Lipinski definition) is 15. The fraction of sp³-hybridized carbons (Fsp3) is 0.147. The summed E-state index contributed by atoms with van der Waals surface area (Å²) < 4.78 is 31.7. The monoisotopic (exact) mass is 1260 g/mol.